The van der Waals surface area contributed by atoms with E-state index < -0.39 is 11.8 Å². The van der Waals surface area contributed by atoms with Crippen molar-refractivity contribution in [1.82, 2.24) is 0 Å². The van der Waals surface area contributed by atoms with Crippen molar-refractivity contribution in [2.75, 3.05) is 32.9 Å². The molecule has 6 rings (SSSR count). The number of ether oxygens (including phenoxy) is 5. The van der Waals surface area contributed by atoms with Crippen LogP contribution in [-0.2, 0) is 9.53 Å². The lowest BCUT2D eigenvalue weighted by molar-refractivity contribution is -0.141. The zero-order chi connectivity index (χ0) is 25.7. The van der Waals surface area contributed by atoms with Gasteiger partial charge >= 0.3 is 5.97 Å². The first-order valence-corrected chi connectivity index (χ1v) is 11.8. The van der Waals surface area contributed by atoms with Crippen molar-refractivity contribution >= 4 is 11.7 Å². The minimum absolute atomic E-state index is 0.110. The first-order chi connectivity index (χ1) is 18.0. The fourth-order valence-corrected chi connectivity index (χ4v) is 5.66. The predicted molar refractivity (Wildman–Crippen MR) is 131 cm³/mol. The molecule has 0 saturated carbocycles. The lowest BCUT2D eigenvalue weighted by atomic mass is 9.65. The highest BCUT2D eigenvalue weighted by atomic mass is 16.7. The van der Waals surface area contributed by atoms with Crippen molar-refractivity contribution in [1.29, 1.82) is 5.26 Å². The van der Waals surface area contributed by atoms with Gasteiger partial charge in [-0.1, -0.05) is 0 Å². The molecule has 0 amide bonds. The lowest BCUT2D eigenvalue weighted by Crippen LogP contribution is -2.37. The normalized spacial score (nSPS) is 22.9. The van der Waals surface area contributed by atoms with Crippen LogP contribution in [0.3, 0.4) is 0 Å². The van der Waals surface area contributed by atoms with Gasteiger partial charge in [-0.2, -0.15) is 5.26 Å². The van der Waals surface area contributed by atoms with Crippen LogP contribution >= 0.6 is 0 Å². The molecule has 3 aromatic carbocycles. The molecule has 0 bridgehead atoms. The number of benzene rings is 3. The van der Waals surface area contributed by atoms with E-state index in [1.807, 2.05) is 24.3 Å². The molecular formula is C28H24N2O7. The van der Waals surface area contributed by atoms with E-state index in [0.29, 0.717) is 17.1 Å². The summed E-state index contributed by atoms with van der Waals surface area (Å²) in [5.41, 5.74) is 3.95. The van der Waals surface area contributed by atoms with Gasteiger partial charge in [-0.25, -0.2) is 0 Å². The SMILES string of the molecule is COc1cc(C2c3cc4c(cc3[C@@H](Nc3ccc(C#N)cc3)C3COC(=O)[C@H]23)OCO4)cc(OC)c1O. The predicted octanol–water partition coefficient (Wildman–Crippen LogP) is 4.10. The summed E-state index contributed by atoms with van der Waals surface area (Å²) >= 11 is 0. The molecule has 188 valence electrons. The van der Waals surface area contributed by atoms with E-state index >= 15 is 0 Å². The van der Waals surface area contributed by atoms with E-state index in [9.17, 15) is 9.90 Å². The second-order valence-corrected chi connectivity index (χ2v) is 9.22. The van der Waals surface area contributed by atoms with Crippen molar-refractivity contribution in [2.24, 2.45) is 11.8 Å². The second kappa shape index (κ2) is 8.82. The zero-order valence-electron chi connectivity index (χ0n) is 20.2. The molecule has 1 aliphatic carbocycles. The van der Waals surface area contributed by atoms with Gasteiger partial charge in [0.25, 0.3) is 0 Å². The molecular weight excluding hydrogens is 476 g/mol. The maximum atomic E-state index is 13.2. The number of hydrogen-bond acceptors (Lipinski definition) is 9. The van der Waals surface area contributed by atoms with Crippen LogP contribution in [0.1, 0.15) is 34.2 Å². The van der Waals surface area contributed by atoms with E-state index in [0.717, 1.165) is 22.4 Å². The maximum absolute atomic E-state index is 13.2. The highest BCUT2D eigenvalue weighted by Crippen LogP contribution is 2.56. The van der Waals surface area contributed by atoms with E-state index in [1.54, 1.807) is 24.3 Å². The molecule has 9 heteroatoms. The number of carbonyl (C=O) groups is 1. The van der Waals surface area contributed by atoms with Crippen LogP contribution < -0.4 is 24.3 Å². The van der Waals surface area contributed by atoms with Gasteiger partial charge in [0, 0.05) is 17.5 Å². The molecule has 0 radical (unpaired) electrons. The third-order valence-corrected chi connectivity index (χ3v) is 7.38. The second-order valence-electron chi connectivity index (χ2n) is 9.22. The van der Waals surface area contributed by atoms with Crippen LogP contribution in [0.2, 0.25) is 0 Å². The third kappa shape index (κ3) is 3.64. The van der Waals surface area contributed by atoms with Gasteiger partial charge in [-0.05, 0) is 65.2 Å². The van der Waals surface area contributed by atoms with Gasteiger partial charge in [0.15, 0.2) is 23.0 Å². The van der Waals surface area contributed by atoms with Crippen molar-refractivity contribution in [3.8, 4) is 34.8 Å². The zero-order valence-corrected chi connectivity index (χ0v) is 20.2. The van der Waals surface area contributed by atoms with Crippen LogP contribution in [0.25, 0.3) is 0 Å². The van der Waals surface area contributed by atoms with E-state index in [1.165, 1.54) is 14.2 Å². The van der Waals surface area contributed by atoms with Crippen molar-refractivity contribution in [3.05, 3.63) is 70.8 Å². The molecule has 2 unspecified atom stereocenters. The van der Waals surface area contributed by atoms with Gasteiger partial charge in [0.1, 0.15) is 0 Å². The molecule has 1 fully saturated rings. The fourth-order valence-electron chi connectivity index (χ4n) is 5.66. The Morgan fingerprint density at radius 2 is 1.62 bits per heavy atom. The number of hydrogen-bond donors (Lipinski definition) is 2. The molecule has 0 aromatic heterocycles. The van der Waals surface area contributed by atoms with Gasteiger partial charge < -0.3 is 34.1 Å². The van der Waals surface area contributed by atoms with Gasteiger partial charge in [-0.15, -0.1) is 0 Å². The van der Waals surface area contributed by atoms with E-state index in [-0.39, 0.29) is 48.6 Å². The Hall–Kier alpha value is -4.58. The topological polar surface area (TPSA) is 119 Å². The monoisotopic (exact) mass is 500 g/mol. The molecule has 4 atom stereocenters. The number of anilines is 1. The molecule has 9 nitrogen and oxygen atoms in total. The number of cyclic esters (lactones) is 1. The van der Waals surface area contributed by atoms with Crippen molar-refractivity contribution in [3.63, 3.8) is 0 Å². The largest absolute Gasteiger partial charge is 0.502 e. The van der Waals surface area contributed by atoms with Crippen molar-refractivity contribution in [2.45, 2.75) is 12.0 Å². The van der Waals surface area contributed by atoms with Crippen LogP contribution in [0.15, 0.2) is 48.5 Å². The first-order valence-electron chi connectivity index (χ1n) is 11.8. The summed E-state index contributed by atoms with van der Waals surface area (Å²) in [6.45, 7) is 0.362. The summed E-state index contributed by atoms with van der Waals surface area (Å²) in [4.78, 5) is 13.2. The number of nitriles is 1. The quantitative estimate of drug-likeness (QED) is 0.499. The molecule has 1 saturated heterocycles. The maximum Gasteiger partial charge on any atom is 0.310 e. The summed E-state index contributed by atoms with van der Waals surface area (Å²) in [5.74, 6) is 0.200. The van der Waals surface area contributed by atoms with Crippen LogP contribution in [0.4, 0.5) is 5.69 Å². The van der Waals surface area contributed by atoms with Crippen molar-refractivity contribution < 1.29 is 33.6 Å². The molecule has 2 aliphatic heterocycles. The van der Waals surface area contributed by atoms with Gasteiger partial charge in [0.2, 0.25) is 12.5 Å². The summed E-state index contributed by atoms with van der Waals surface area (Å²) in [5, 5.41) is 23.2. The number of fused-ring (bicyclic) bond motifs is 3. The highest BCUT2D eigenvalue weighted by Gasteiger charge is 2.52. The average Bonchev–Trinajstić information content (AvgIpc) is 3.54. The number of rotatable bonds is 5. The number of nitrogens with one attached hydrogen (secondary N) is 1. The van der Waals surface area contributed by atoms with Gasteiger partial charge in [-0.3, -0.25) is 4.79 Å². The Labute approximate surface area is 213 Å². The number of nitrogens with zero attached hydrogens (tertiary/aromatic N) is 1. The number of carbonyl (C=O) groups excluding carboxylic acids is 1. The Balaban J connectivity index is 1.53. The summed E-state index contributed by atoms with van der Waals surface area (Å²) in [6, 6.07) is 16.4. The van der Waals surface area contributed by atoms with Crippen LogP contribution in [0, 0.1) is 23.2 Å². The van der Waals surface area contributed by atoms with E-state index in [4.69, 9.17) is 28.9 Å². The minimum atomic E-state index is -0.511. The van der Waals surface area contributed by atoms with E-state index in [2.05, 4.69) is 11.4 Å². The third-order valence-electron chi connectivity index (χ3n) is 7.38. The van der Waals surface area contributed by atoms with Gasteiger partial charge in [0.05, 0.1) is 44.4 Å². The minimum Gasteiger partial charge on any atom is -0.502 e. The number of aromatic hydroxyl groups is 1. The summed E-state index contributed by atoms with van der Waals surface area (Å²) in [6.07, 6.45) is 0. The Morgan fingerprint density at radius 3 is 2.24 bits per heavy atom. The van der Waals surface area contributed by atoms with Crippen LogP contribution in [-0.4, -0.2) is 38.7 Å². The number of esters is 1. The standard InChI is InChI=1S/C28H24N2O7/c1-33-22-7-15(8-23(34-2)27(22)31)24-17-9-20-21(37-13-36-20)10-18(17)26(19-12-35-28(32)25(19)24)30-16-5-3-14(11-29)4-6-16/h3-10,19,24-26,30-31H,12-13H2,1-2H3/t19?,24?,25-,26+/m0/s1. The lowest BCUT2D eigenvalue weighted by Gasteiger charge is -2.40. The number of phenolic OH excluding ortho intramolecular Hbond substituents is 1. The fraction of sp³-hybridized carbons (Fsp3) is 0.286. The Morgan fingerprint density at radius 1 is 0.973 bits per heavy atom. The average molecular weight is 501 g/mol. The highest BCUT2D eigenvalue weighted by molar-refractivity contribution is 5.79. The Bertz CT molecular complexity index is 1400. The molecule has 2 heterocycles. The molecule has 2 N–H and O–H groups in total. The smallest absolute Gasteiger partial charge is 0.310 e. The summed E-state index contributed by atoms with van der Waals surface area (Å²) < 4.78 is 27.8. The molecule has 3 aromatic rings. The number of methoxy groups -OCH3 is 2. The Kier molecular flexibility index (Phi) is 5.45. The number of phenols is 1. The van der Waals surface area contributed by atoms with Crippen LogP contribution in [0.5, 0.6) is 28.7 Å². The molecule has 37 heavy (non-hydrogen) atoms. The molecule has 3 aliphatic rings. The molecule has 0 spiro atoms. The first kappa shape index (κ1) is 22.9. The summed E-state index contributed by atoms with van der Waals surface area (Å²) in [7, 11) is 2.94.